The van der Waals surface area contributed by atoms with Gasteiger partial charge < -0.3 is 20.4 Å². The van der Waals surface area contributed by atoms with E-state index in [2.05, 4.69) is 40.8 Å². The number of hydrogen-bond donors (Lipinski definition) is 4. The Kier molecular flexibility index (Phi) is 6.95. The van der Waals surface area contributed by atoms with Crippen molar-refractivity contribution in [1.82, 2.24) is 40.4 Å². The summed E-state index contributed by atoms with van der Waals surface area (Å²) in [6, 6.07) is 10.1. The van der Waals surface area contributed by atoms with Crippen LogP contribution in [-0.2, 0) is 4.79 Å². The van der Waals surface area contributed by atoms with Gasteiger partial charge in [-0.15, -0.1) is 0 Å². The van der Waals surface area contributed by atoms with Gasteiger partial charge in [-0.25, -0.2) is 14.4 Å². The van der Waals surface area contributed by atoms with Crippen molar-refractivity contribution in [2.45, 2.75) is 19.3 Å². The second-order valence-corrected chi connectivity index (χ2v) is 10.6. The van der Waals surface area contributed by atoms with Crippen LogP contribution in [0.1, 0.15) is 19.3 Å². The lowest BCUT2D eigenvalue weighted by atomic mass is 9.94. The Hall–Kier alpha value is -5.23. The van der Waals surface area contributed by atoms with E-state index < -0.39 is 5.82 Å². The summed E-state index contributed by atoms with van der Waals surface area (Å²) in [6.45, 7) is 1.90. The third kappa shape index (κ3) is 5.40. The molecule has 1 aromatic carbocycles. The average Bonchev–Trinajstić information content (AvgIpc) is 3.65. The zero-order valence-electron chi connectivity index (χ0n) is 23.3. The number of aromatic amines is 2. The summed E-state index contributed by atoms with van der Waals surface area (Å²) in [4.78, 5) is 34.1. The van der Waals surface area contributed by atoms with Gasteiger partial charge in [-0.1, -0.05) is 0 Å². The number of carbonyl (C=O) groups excluding carboxylic acids is 1. The summed E-state index contributed by atoms with van der Waals surface area (Å²) < 4.78 is 19.6. The summed E-state index contributed by atoms with van der Waals surface area (Å²) in [5.41, 5.74) is 5.82. The number of anilines is 1. The molecule has 1 aliphatic heterocycles. The molecule has 1 saturated heterocycles. The molecule has 1 fully saturated rings. The Morgan fingerprint density at radius 2 is 1.95 bits per heavy atom. The predicted molar refractivity (Wildman–Crippen MR) is 161 cm³/mol. The topological polar surface area (TPSA) is 146 Å². The van der Waals surface area contributed by atoms with Crippen LogP contribution >= 0.6 is 0 Å². The minimum Gasteiger partial charge on any atom is -0.497 e. The predicted octanol–water partition coefficient (Wildman–Crippen LogP) is 5.10. The van der Waals surface area contributed by atoms with Gasteiger partial charge in [0.2, 0.25) is 5.91 Å². The lowest BCUT2D eigenvalue weighted by Gasteiger charge is -2.21. The molecule has 0 radical (unpaired) electrons. The molecule has 43 heavy (non-hydrogen) atoms. The van der Waals surface area contributed by atoms with Gasteiger partial charge in [0.25, 0.3) is 0 Å². The third-order valence-corrected chi connectivity index (χ3v) is 7.73. The van der Waals surface area contributed by atoms with Crippen molar-refractivity contribution in [3.63, 3.8) is 0 Å². The maximum atomic E-state index is 14.3. The Bertz CT molecular complexity index is 1960. The van der Waals surface area contributed by atoms with Crippen LogP contribution < -0.4 is 15.4 Å². The Labute approximate surface area is 245 Å². The number of H-pyrrole nitrogens is 2. The molecule has 1 aliphatic rings. The normalized spacial score (nSPS) is 13.9. The Balaban J connectivity index is 1.20. The largest absolute Gasteiger partial charge is 0.497 e. The lowest BCUT2D eigenvalue weighted by Crippen LogP contribution is -2.30. The fourth-order valence-electron chi connectivity index (χ4n) is 5.56. The highest BCUT2D eigenvalue weighted by Crippen LogP contribution is 2.33. The number of hydrogen-bond acceptors (Lipinski definition) is 8. The van der Waals surface area contributed by atoms with Gasteiger partial charge in [0.05, 0.1) is 41.9 Å². The minimum absolute atomic E-state index is 0.0130. The average molecular weight is 578 g/mol. The van der Waals surface area contributed by atoms with E-state index in [9.17, 15) is 9.18 Å². The highest BCUT2D eigenvalue weighted by molar-refractivity contribution is 5.97. The number of halogens is 1. The first-order valence-corrected chi connectivity index (χ1v) is 14.0. The molecule has 5 aromatic heterocycles. The number of nitrogens with one attached hydrogen (secondary N) is 4. The van der Waals surface area contributed by atoms with Crippen LogP contribution in [0, 0.1) is 11.7 Å². The number of ether oxygens (including phenoxy) is 1. The van der Waals surface area contributed by atoms with Gasteiger partial charge in [0, 0.05) is 41.4 Å². The van der Waals surface area contributed by atoms with E-state index in [0.29, 0.717) is 57.7 Å². The van der Waals surface area contributed by atoms with Crippen molar-refractivity contribution in [3.05, 3.63) is 67.0 Å². The highest BCUT2D eigenvalue weighted by atomic mass is 19.1. The number of amides is 1. The molecule has 12 heteroatoms. The summed E-state index contributed by atoms with van der Waals surface area (Å²) in [5, 5.41) is 14.6. The Morgan fingerprint density at radius 1 is 1.07 bits per heavy atom. The van der Waals surface area contributed by atoms with Crippen LogP contribution in [0.4, 0.5) is 10.1 Å². The van der Waals surface area contributed by atoms with Crippen LogP contribution in [0.5, 0.6) is 5.75 Å². The molecular formula is C31H28FN9O2. The van der Waals surface area contributed by atoms with E-state index in [1.54, 1.807) is 36.9 Å². The fourth-order valence-corrected chi connectivity index (χ4v) is 5.56. The number of carbonyl (C=O) groups is 1. The molecule has 6 heterocycles. The van der Waals surface area contributed by atoms with Gasteiger partial charge in [0.15, 0.2) is 11.5 Å². The smallest absolute Gasteiger partial charge is 0.224 e. The third-order valence-electron chi connectivity index (χ3n) is 7.73. The fraction of sp³-hybridized carbons (Fsp3) is 0.226. The maximum absolute atomic E-state index is 14.3. The monoisotopic (exact) mass is 577 g/mol. The summed E-state index contributed by atoms with van der Waals surface area (Å²) in [7, 11) is 1.50. The van der Waals surface area contributed by atoms with Gasteiger partial charge in [0.1, 0.15) is 17.3 Å². The number of methoxy groups -OCH3 is 1. The second-order valence-electron chi connectivity index (χ2n) is 10.6. The van der Waals surface area contributed by atoms with E-state index >= 15 is 0 Å². The number of fused-ring (bicyclic) bond motifs is 2. The first-order chi connectivity index (χ1) is 21.0. The number of aromatic nitrogens is 7. The van der Waals surface area contributed by atoms with Crippen molar-refractivity contribution in [2.75, 3.05) is 25.5 Å². The van der Waals surface area contributed by atoms with Gasteiger partial charge in [-0.3, -0.25) is 19.9 Å². The standard InChI is InChI=1S/C31H28FN9O2/c1-43-22-11-18(9-20(32)12-22)23-4-7-35-30-28(23)38-31(39-30)29-24-13-25(36-16-26(24)40-41-29)19-10-21(15-34-14-19)37-27(42)8-17-2-5-33-6-3-17/h4,7,9-17,33H,2-3,5-6,8H2,1H3,(H,37,42)(H,40,41)(H,35,38,39). The molecule has 6 aromatic rings. The van der Waals surface area contributed by atoms with E-state index in [0.717, 1.165) is 48.0 Å². The first kappa shape index (κ1) is 26.7. The van der Waals surface area contributed by atoms with Crippen LogP contribution in [0.2, 0.25) is 0 Å². The second kappa shape index (κ2) is 11.2. The SMILES string of the molecule is COc1cc(F)cc(-c2ccnc3nc(-c4n[nH]c5cnc(-c6cncc(NC(=O)CC7CCNCC7)c6)cc45)[nH]c23)c1. The Morgan fingerprint density at radius 3 is 2.81 bits per heavy atom. The number of imidazole rings is 1. The number of nitrogens with zero attached hydrogens (tertiary/aromatic N) is 5. The molecule has 0 saturated carbocycles. The molecule has 11 nitrogen and oxygen atoms in total. The van der Waals surface area contributed by atoms with Crippen molar-refractivity contribution in [1.29, 1.82) is 0 Å². The van der Waals surface area contributed by atoms with E-state index in [1.165, 1.54) is 19.2 Å². The molecule has 0 unspecified atom stereocenters. The van der Waals surface area contributed by atoms with Gasteiger partial charge in [-0.2, -0.15) is 5.10 Å². The summed E-state index contributed by atoms with van der Waals surface area (Å²) in [6.07, 6.45) is 9.19. The van der Waals surface area contributed by atoms with Crippen molar-refractivity contribution in [3.8, 4) is 39.7 Å². The molecule has 0 aliphatic carbocycles. The minimum atomic E-state index is -0.405. The number of rotatable bonds is 7. The zero-order valence-corrected chi connectivity index (χ0v) is 23.3. The van der Waals surface area contributed by atoms with Crippen LogP contribution in [0.3, 0.4) is 0 Å². The van der Waals surface area contributed by atoms with Crippen LogP contribution in [0.15, 0.2) is 61.2 Å². The quantitative estimate of drug-likeness (QED) is 0.205. The molecule has 0 atom stereocenters. The molecule has 7 rings (SSSR count). The molecule has 4 N–H and O–H groups in total. The van der Waals surface area contributed by atoms with Crippen LogP contribution in [-0.4, -0.2) is 61.2 Å². The molecular weight excluding hydrogens is 549 g/mol. The highest BCUT2D eigenvalue weighted by Gasteiger charge is 2.19. The summed E-state index contributed by atoms with van der Waals surface area (Å²) in [5.74, 6) is 0.886. The van der Waals surface area contributed by atoms with Crippen molar-refractivity contribution < 1.29 is 13.9 Å². The van der Waals surface area contributed by atoms with E-state index in [4.69, 9.17) is 9.72 Å². The van der Waals surface area contributed by atoms with Crippen molar-refractivity contribution >= 4 is 33.7 Å². The van der Waals surface area contributed by atoms with Gasteiger partial charge >= 0.3 is 0 Å². The first-order valence-electron chi connectivity index (χ1n) is 14.0. The lowest BCUT2D eigenvalue weighted by molar-refractivity contribution is -0.117. The van der Waals surface area contributed by atoms with Crippen molar-refractivity contribution in [2.24, 2.45) is 5.92 Å². The zero-order chi connectivity index (χ0) is 29.3. The number of benzene rings is 1. The maximum Gasteiger partial charge on any atom is 0.224 e. The van der Waals surface area contributed by atoms with E-state index in [1.807, 2.05) is 12.1 Å². The van der Waals surface area contributed by atoms with Gasteiger partial charge in [-0.05, 0) is 67.7 Å². The number of pyridine rings is 3. The molecule has 216 valence electrons. The van der Waals surface area contributed by atoms with Crippen LogP contribution in [0.25, 0.3) is 56.0 Å². The summed E-state index contributed by atoms with van der Waals surface area (Å²) >= 11 is 0. The molecule has 0 spiro atoms. The molecule has 0 bridgehead atoms. The van der Waals surface area contributed by atoms with E-state index in [-0.39, 0.29) is 5.91 Å². The molecule has 1 amide bonds. The number of piperidine rings is 1.